The molecule has 0 spiro atoms. The predicted octanol–water partition coefficient (Wildman–Crippen LogP) is 2.94. The van der Waals surface area contributed by atoms with Crippen molar-refractivity contribution < 1.29 is 4.42 Å². The summed E-state index contributed by atoms with van der Waals surface area (Å²) in [7, 11) is 0. The molecule has 3 nitrogen and oxygen atoms in total. The summed E-state index contributed by atoms with van der Waals surface area (Å²) in [5.41, 5.74) is 11.1. The summed E-state index contributed by atoms with van der Waals surface area (Å²) >= 11 is 0. The predicted molar refractivity (Wildman–Crippen MR) is 81.7 cm³/mol. The van der Waals surface area contributed by atoms with Crippen molar-refractivity contribution in [1.82, 2.24) is 5.32 Å². The number of fused-ring (bicyclic) bond motifs is 1. The molecule has 3 N–H and O–H groups in total. The molecule has 0 saturated heterocycles. The second-order valence-corrected chi connectivity index (χ2v) is 5.61. The summed E-state index contributed by atoms with van der Waals surface area (Å²) < 4.78 is 5.08. The Morgan fingerprint density at radius 3 is 3.10 bits per heavy atom. The highest BCUT2D eigenvalue weighted by Gasteiger charge is 2.19. The van der Waals surface area contributed by atoms with Gasteiger partial charge in [-0.05, 0) is 67.5 Å². The lowest BCUT2D eigenvalue weighted by molar-refractivity contribution is 0.454. The standard InChI is InChI=1S/C17H22N2O/c18-17-5-1-4-14-11-15(6-7-16(14)17)19-9-2-3-13-8-10-20-12-13/h1,4-5,8,10,12,15,19H,2-3,6-7,9,11,18H2. The van der Waals surface area contributed by atoms with Gasteiger partial charge in [-0.2, -0.15) is 0 Å². The normalized spacial score (nSPS) is 17.9. The van der Waals surface area contributed by atoms with E-state index in [2.05, 4.69) is 17.4 Å². The number of hydrogen-bond donors (Lipinski definition) is 2. The zero-order valence-corrected chi connectivity index (χ0v) is 11.8. The van der Waals surface area contributed by atoms with Gasteiger partial charge in [0.25, 0.3) is 0 Å². The Balaban J connectivity index is 1.46. The van der Waals surface area contributed by atoms with Gasteiger partial charge in [-0.1, -0.05) is 12.1 Å². The molecule has 106 valence electrons. The summed E-state index contributed by atoms with van der Waals surface area (Å²) in [6, 6.07) is 8.92. The Hall–Kier alpha value is -1.74. The fraction of sp³-hybridized carbons (Fsp3) is 0.412. The number of aryl methyl sites for hydroxylation is 1. The lowest BCUT2D eigenvalue weighted by atomic mass is 9.87. The first-order valence-electron chi connectivity index (χ1n) is 7.43. The van der Waals surface area contributed by atoms with Crippen molar-refractivity contribution in [3.63, 3.8) is 0 Å². The van der Waals surface area contributed by atoms with Crippen LogP contribution < -0.4 is 11.1 Å². The van der Waals surface area contributed by atoms with Crippen LogP contribution in [-0.4, -0.2) is 12.6 Å². The second kappa shape index (κ2) is 6.14. The molecule has 0 bridgehead atoms. The van der Waals surface area contributed by atoms with E-state index in [1.165, 1.54) is 23.1 Å². The lowest BCUT2D eigenvalue weighted by Gasteiger charge is -2.26. The van der Waals surface area contributed by atoms with E-state index < -0.39 is 0 Å². The number of rotatable bonds is 5. The molecule has 3 heteroatoms. The molecule has 2 aromatic rings. The molecule has 3 rings (SSSR count). The van der Waals surface area contributed by atoms with E-state index in [0.29, 0.717) is 6.04 Å². The molecule has 1 heterocycles. The SMILES string of the molecule is Nc1cccc2c1CCC(NCCCc1ccoc1)C2. The summed E-state index contributed by atoms with van der Waals surface area (Å²) in [6.07, 6.45) is 9.20. The maximum atomic E-state index is 6.03. The zero-order chi connectivity index (χ0) is 13.8. The van der Waals surface area contributed by atoms with Crippen LogP contribution >= 0.6 is 0 Å². The van der Waals surface area contributed by atoms with Crippen molar-refractivity contribution in [3.05, 3.63) is 53.5 Å². The largest absolute Gasteiger partial charge is 0.472 e. The van der Waals surface area contributed by atoms with Crippen molar-refractivity contribution in [2.75, 3.05) is 12.3 Å². The highest BCUT2D eigenvalue weighted by Crippen LogP contribution is 2.26. The van der Waals surface area contributed by atoms with Crippen LogP contribution in [0.1, 0.15) is 29.5 Å². The van der Waals surface area contributed by atoms with Crippen LogP contribution in [0.15, 0.2) is 41.2 Å². The molecule has 0 fully saturated rings. The lowest BCUT2D eigenvalue weighted by Crippen LogP contribution is -2.35. The molecule has 1 aromatic heterocycles. The molecular formula is C17H22N2O. The quantitative estimate of drug-likeness (QED) is 0.649. The van der Waals surface area contributed by atoms with Gasteiger partial charge in [0.05, 0.1) is 12.5 Å². The minimum absolute atomic E-state index is 0.591. The summed E-state index contributed by atoms with van der Waals surface area (Å²) in [4.78, 5) is 0. The second-order valence-electron chi connectivity index (χ2n) is 5.61. The first kappa shape index (κ1) is 13.3. The number of anilines is 1. The Bertz CT molecular complexity index is 548. The highest BCUT2D eigenvalue weighted by molar-refractivity contribution is 5.52. The van der Waals surface area contributed by atoms with Crippen LogP contribution in [0, 0.1) is 0 Å². The topological polar surface area (TPSA) is 51.2 Å². The van der Waals surface area contributed by atoms with Gasteiger partial charge in [0, 0.05) is 11.7 Å². The third-order valence-electron chi connectivity index (χ3n) is 4.17. The summed E-state index contributed by atoms with van der Waals surface area (Å²) in [5.74, 6) is 0. The monoisotopic (exact) mass is 270 g/mol. The smallest absolute Gasteiger partial charge is 0.0934 e. The van der Waals surface area contributed by atoms with Gasteiger partial charge in [0.1, 0.15) is 0 Å². The van der Waals surface area contributed by atoms with Crippen molar-refractivity contribution in [1.29, 1.82) is 0 Å². The van der Waals surface area contributed by atoms with Crippen molar-refractivity contribution in [2.24, 2.45) is 0 Å². The Morgan fingerprint density at radius 1 is 1.30 bits per heavy atom. The van der Waals surface area contributed by atoms with Gasteiger partial charge < -0.3 is 15.5 Å². The number of nitrogens with one attached hydrogen (secondary N) is 1. The van der Waals surface area contributed by atoms with E-state index in [1.807, 2.05) is 18.4 Å². The van der Waals surface area contributed by atoms with E-state index in [1.54, 1.807) is 6.26 Å². The summed E-state index contributed by atoms with van der Waals surface area (Å²) in [6.45, 7) is 1.06. The Kier molecular flexibility index (Phi) is 4.07. The van der Waals surface area contributed by atoms with Crippen LogP contribution in [0.4, 0.5) is 5.69 Å². The minimum atomic E-state index is 0.591. The van der Waals surface area contributed by atoms with Crippen molar-refractivity contribution in [2.45, 2.75) is 38.1 Å². The third kappa shape index (κ3) is 3.05. The maximum absolute atomic E-state index is 6.03. The third-order valence-corrected chi connectivity index (χ3v) is 4.17. The van der Waals surface area contributed by atoms with E-state index >= 15 is 0 Å². The average molecular weight is 270 g/mol. The van der Waals surface area contributed by atoms with Gasteiger partial charge in [-0.15, -0.1) is 0 Å². The van der Waals surface area contributed by atoms with Crippen LogP contribution in [0.5, 0.6) is 0 Å². The number of benzene rings is 1. The van der Waals surface area contributed by atoms with Crippen LogP contribution in [-0.2, 0) is 19.3 Å². The molecule has 1 atom stereocenters. The molecule has 20 heavy (non-hydrogen) atoms. The fourth-order valence-corrected chi connectivity index (χ4v) is 3.04. The van der Waals surface area contributed by atoms with Crippen LogP contribution in [0.25, 0.3) is 0 Å². The zero-order valence-electron chi connectivity index (χ0n) is 11.8. The van der Waals surface area contributed by atoms with Gasteiger partial charge in [-0.3, -0.25) is 0 Å². The first-order chi connectivity index (χ1) is 9.83. The number of furan rings is 1. The molecule has 0 radical (unpaired) electrons. The van der Waals surface area contributed by atoms with Crippen molar-refractivity contribution >= 4 is 5.69 Å². The minimum Gasteiger partial charge on any atom is -0.472 e. The molecule has 1 aliphatic rings. The van der Waals surface area contributed by atoms with Crippen molar-refractivity contribution in [3.8, 4) is 0 Å². The fourth-order valence-electron chi connectivity index (χ4n) is 3.04. The first-order valence-corrected chi connectivity index (χ1v) is 7.43. The van der Waals surface area contributed by atoms with Gasteiger partial charge in [0.2, 0.25) is 0 Å². The van der Waals surface area contributed by atoms with E-state index in [9.17, 15) is 0 Å². The molecule has 0 saturated carbocycles. The Labute approximate surface area is 120 Å². The van der Waals surface area contributed by atoms with E-state index in [4.69, 9.17) is 10.2 Å². The highest BCUT2D eigenvalue weighted by atomic mass is 16.3. The Morgan fingerprint density at radius 2 is 2.25 bits per heavy atom. The molecule has 1 unspecified atom stereocenters. The molecule has 0 aliphatic heterocycles. The van der Waals surface area contributed by atoms with Gasteiger partial charge in [-0.25, -0.2) is 0 Å². The molecule has 1 aromatic carbocycles. The van der Waals surface area contributed by atoms with Crippen LogP contribution in [0.2, 0.25) is 0 Å². The molecule has 1 aliphatic carbocycles. The van der Waals surface area contributed by atoms with Gasteiger partial charge in [0.15, 0.2) is 0 Å². The average Bonchev–Trinajstić information content (AvgIpc) is 2.97. The molecule has 0 amide bonds. The number of nitrogen functional groups attached to an aromatic ring is 1. The molecular weight excluding hydrogens is 248 g/mol. The van der Waals surface area contributed by atoms with E-state index in [0.717, 1.165) is 37.9 Å². The number of hydrogen-bond acceptors (Lipinski definition) is 3. The summed E-state index contributed by atoms with van der Waals surface area (Å²) in [5, 5.41) is 3.67. The number of nitrogens with two attached hydrogens (primary N) is 1. The van der Waals surface area contributed by atoms with Crippen LogP contribution in [0.3, 0.4) is 0 Å². The maximum Gasteiger partial charge on any atom is 0.0934 e. The van der Waals surface area contributed by atoms with E-state index in [-0.39, 0.29) is 0 Å². The van der Waals surface area contributed by atoms with Gasteiger partial charge >= 0.3 is 0 Å².